The van der Waals surface area contributed by atoms with Gasteiger partial charge in [-0.2, -0.15) is 0 Å². The summed E-state index contributed by atoms with van der Waals surface area (Å²) in [7, 11) is 0. The highest BCUT2D eigenvalue weighted by molar-refractivity contribution is 5.76. The molecule has 1 aliphatic rings. The lowest BCUT2D eigenvalue weighted by molar-refractivity contribution is -0.137. The highest BCUT2D eigenvalue weighted by Crippen LogP contribution is 2.27. The molecule has 0 radical (unpaired) electrons. The quantitative estimate of drug-likeness (QED) is 0.672. The molecule has 4 heteroatoms. The van der Waals surface area contributed by atoms with E-state index >= 15 is 0 Å². The third-order valence-corrected chi connectivity index (χ3v) is 3.54. The fourth-order valence-corrected chi connectivity index (χ4v) is 2.46. The molecule has 0 saturated heterocycles. The molecule has 1 fully saturated rings. The number of carboxylic acids is 1. The van der Waals surface area contributed by atoms with Crippen molar-refractivity contribution >= 4 is 11.9 Å². The van der Waals surface area contributed by atoms with Crippen LogP contribution in [0.1, 0.15) is 58.3 Å². The molecule has 1 atom stereocenters. The van der Waals surface area contributed by atoms with Gasteiger partial charge in [-0.25, -0.2) is 0 Å². The molecule has 1 aliphatic carbocycles. The molecule has 0 aliphatic heterocycles. The number of carbonyl (C=O) groups is 2. The van der Waals surface area contributed by atoms with Crippen LogP contribution in [0.5, 0.6) is 0 Å². The number of nitrogens with one attached hydrogen (secondary N) is 1. The van der Waals surface area contributed by atoms with Gasteiger partial charge in [0.25, 0.3) is 0 Å². The van der Waals surface area contributed by atoms with Crippen LogP contribution in [0, 0.1) is 5.92 Å². The minimum atomic E-state index is -0.787. The number of carboxylic acid groups (broad SMARTS) is 1. The van der Waals surface area contributed by atoms with Crippen LogP contribution in [0.25, 0.3) is 0 Å². The van der Waals surface area contributed by atoms with E-state index in [-0.39, 0.29) is 18.4 Å². The summed E-state index contributed by atoms with van der Waals surface area (Å²) >= 11 is 0. The van der Waals surface area contributed by atoms with E-state index in [2.05, 4.69) is 12.2 Å². The fraction of sp³-hybridized carbons (Fsp3) is 0.846. The highest BCUT2D eigenvalue weighted by Gasteiger charge is 2.22. The van der Waals surface area contributed by atoms with Gasteiger partial charge in [0.05, 0.1) is 0 Å². The molecule has 98 valence electrons. The molecule has 0 aromatic rings. The third-order valence-electron chi connectivity index (χ3n) is 3.54. The van der Waals surface area contributed by atoms with E-state index in [1.54, 1.807) is 0 Å². The Balaban J connectivity index is 2.09. The number of rotatable bonds is 7. The second-order valence-electron chi connectivity index (χ2n) is 5.00. The fourth-order valence-electron chi connectivity index (χ4n) is 2.46. The first-order valence-corrected chi connectivity index (χ1v) is 6.60. The molecule has 17 heavy (non-hydrogen) atoms. The van der Waals surface area contributed by atoms with Crippen LogP contribution in [-0.2, 0) is 9.59 Å². The molecule has 4 nitrogen and oxygen atoms in total. The van der Waals surface area contributed by atoms with Crippen molar-refractivity contribution < 1.29 is 14.7 Å². The van der Waals surface area contributed by atoms with Gasteiger partial charge in [0, 0.05) is 18.9 Å². The molecule has 0 aromatic carbocycles. The lowest BCUT2D eigenvalue weighted by Crippen LogP contribution is -2.37. The maximum atomic E-state index is 11.6. The van der Waals surface area contributed by atoms with Crippen molar-refractivity contribution in [1.29, 1.82) is 0 Å². The molecule has 0 bridgehead atoms. The SMILES string of the molecule is CC(NC(=O)CCCCC(=O)O)C1CCCC1. The molecule has 0 spiro atoms. The van der Waals surface area contributed by atoms with Gasteiger partial charge in [-0.15, -0.1) is 0 Å². The molecular formula is C13H23NO3. The van der Waals surface area contributed by atoms with Crippen molar-refractivity contribution in [3.63, 3.8) is 0 Å². The summed E-state index contributed by atoms with van der Waals surface area (Å²) < 4.78 is 0. The molecule has 0 heterocycles. The van der Waals surface area contributed by atoms with E-state index in [0.717, 1.165) is 0 Å². The van der Waals surface area contributed by atoms with E-state index in [9.17, 15) is 9.59 Å². The van der Waals surface area contributed by atoms with Gasteiger partial charge in [0.15, 0.2) is 0 Å². The van der Waals surface area contributed by atoms with Gasteiger partial charge in [-0.1, -0.05) is 12.8 Å². The number of aliphatic carboxylic acids is 1. The highest BCUT2D eigenvalue weighted by atomic mass is 16.4. The number of hydrogen-bond donors (Lipinski definition) is 2. The monoisotopic (exact) mass is 241 g/mol. The molecular weight excluding hydrogens is 218 g/mol. The molecule has 1 unspecified atom stereocenters. The normalized spacial score (nSPS) is 17.9. The first-order valence-electron chi connectivity index (χ1n) is 6.60. The van der Waals surface area contributed by atoms with E-state index in [0.29, 0.717) is 25.2 Å². The van der Waals surface area contributed by atoms with Crippen LogP contribution in [0.2, 0.25) is 0 Å². The van der Waals surface area contributed by atoms with E-state index in [1.807, 2.05) is 0 Å². The number of amides is 1. The van der Waals surface area contributed by atoms with Crippen molar-refractivity contribution in [1.82, 2.24) is 5.32 Å². The van der Waals surface area contributed by atoms with Crippen molar-refractivity contribution in [2.75, 3.05) is 0 Å². The molecule has 0 aromatic heterocycles. The Bertz CT molecular complexity index is 259. The summed E-state index contributed by atoms with van der Waals surface area (Å²) in [5.74, 6) is -0.0857. The zero-order valence-corrected chi connectivity index (χ0v) is 10.6. The van der Waals surface area contributed by atoms with Crippen LogP contribution >= 0.6 is 0 Å². The Kier molecular flexibility index (Phi) is 6.01. The zero-order chi connectivity index (χ0) is 12.7. The average Bonchev–Trinajstić information content (AvgIpc) is 2.77. The minimum Gasteiger partial charge on any atom is -0.481 e. The van der Waals surface area contributed by atoms with Crippen LogP contribution < -0.4 is 5.32 Å². The van der Waals surface area contributed by atoms with Gasteiger partial charge in [-0.3, -0.25) is 9.59 Å². The predicted octanol–water partition coefficient (Wildman–Crippen LogP) is 2.33. The molecule has 1 saturated carbocycles. The third kappa shape index (κ3) is 5.71. The second kappa shape index (κ2) is 7.30. The Hall–Kier alpha value is -1.06. The van der Waals surface area contributed by atoms with E-state index < -0.39 is 5.97 Å². The van der Waals surface area contributed by atoms with Crippen molar-refractivity contribution in [2.24, 2.45) is 5.92 Å². The van der Waals surface area contributed by atoms with Crippen molar-refractivity contribution in [3.8, 4) is 0 Å². The van der Waals surface area contributed by atoms with Crippen LogP contribution in [0.3, 0.4) is 0 Å². The maximum Gasteiger partial charge on any atom is 0.303 e. The average molecular weight is 241 g/mol. The lowest BCUT2D eigenvalue weighted by Gasteiger charge is -2.20. The van der Waals surface area contributed by atoms with Gasteiger partial charge < -0.3 is 10.4 Å². The number of unbranched alkanes of at least 4 members (excludes halogenated alkanes) is 1. The van der Waals surface area contributed by atoms with Crippen LogP contribution in [-0.4, -0.2) is 23.0 Å². The Labute approximate surface area is 103 Å². The van der Waals surface area contributed by atoms with Gasteiger partial charge in [-0.05, 0) is 38.5 Å². The summed E-state index contributed by atoms with van der Waals surface area (Å²) in [4.78, 5) is 21.9. The van der Waals surface area contributed by atoms with Gasteiger partial charge in [0.1, 0.15) is 0 Å². The van der Waals surface area contributed by atoms with Crippen LogP contribution in [0.15, 0.2) is 0 Å². The molecule has 2 N–H and O–H groups in total. The summed E-state index contributed by atoms with van der Waals surface area (Å²) in [5.41, 5.74) is 0. The van der Waals surface area contributed by atoms with Crippen molar-refractivity contribution in [3.05, 3.63) is 0 Å². The largest absolute Gasteiger partial charge is 0.481 e. The van der Waals surface area contributed by atoms with E-state index in [4.69, 9.17) is 5.11 Å². The molecule has 1 rings (SSSR count). The maximum absolute atomic E-state index is 11.6. The number of hydrogen-bond acceptors (Lipinski definition) is 2. The Morgan fingerprint density at radius 1 is 1.24 bits per heavy atom. The van der Waals surface area contributed by atoms with E-state index in [1.165, 1.54) is 25.7 Å². The summed E-state index contributed by atoms with van der Waals surface area (Å²) in [6, 6.07) is 0.268. The Morgan fingerprint density at radius 3 is 2.41 bits per heavy atom. The summed E-state index contributed by atoms with van der Waals surface area (Å²) in [6.45, 7) is 2.07. The first kappa shape index (κ1) is 14.0. The second-order valence-corrected chi connectivity index (χ2v) is 5.00. The Morgan fingerprint density at radius 2 is 1.82 bits per heavy atom. The minimum absolute atomic E-state index is 0.0646. The van der Waals surface area contributed by atoms with Crippen molar-refractivity contribution in [2.45, 2.75) is 64.3 Å². The standard InChI is InChI=1S/C13H23NO3/c1-10(11-6-2-3-7-11)14-12(15)8-4-5-9-13(16)17/h10-11H,2-9H2,1H3,(H,14,15)(H,16,17). The topological polar surface area (TPSA) is 66.4 Å². The summed E-state index contributed by atoms with van der Waals surface area (Å²) in [5, 5.41) is 11.5. The predicted molar refractivity (Wildman–Crippen MR) is 65.7 cm³/mol. The molecule has 1 amide bonds. The first-order chi connectivity index (χ1) is 8.09. The number of carbonyl (C=O) groups excluding carboxylic acids is 1. The smallest absolute Gasteiger partial charge is 0.303 e. The summed E-state index contributed by atoms with van der Waals surface area (Å²) in [6.07, 6.45) is 6.86. The zero-order valence-electron chi connectivity index (χ0n) is 10.6. The van der Waals surface area contributed by atoms with Gasteiger partial charge in [0.2, 0.25) is 5.91 Å². The van der Waals surface area contributed by atoms with Gasteiger partial charge >= 0.3 is 5.97 Å². The van der Waals surface area contributed by atoms with Crippen LogP contribution in [0.4, 0.5) is 0 Å². The lowest BCUT2D eigenvalue weighted by atomic mass is 9.99.